The number of thioether (sulfide) groups is 1. The molecule has 0 fully saturated rings. The number of allylic oxidation sites excluding steroid dienone is 3. The average Bonchev–Trinajstić information content (AvgIpc) is 2.99. The molecule has 140 valence electrons. The number of rotatable bonds is 4. The quantitative estimate of drug-likeness (QED) is 0.269. The van der Waals surface area contributed by atoms with Gasteiger partial charge in [-0.05, 0) is 37.3 Å². The molecule has 0 aliphatic carbocycles. The first-order valence-corrected chi connectivity index (χ1v) is 9.52. The summed E-state index contributed by atoms with van der Waals surface area (Å²) in [4.78, 5) is 27.9. The van der Waals surface area contributed by atoms with Gasteiger partial charge in [-0.3, -0.25) is 19.5 Å². The number of benzene rings is 2. The number of nitro benzene ring substituents is 1. The minimum atomic E-state index is -0.468. The Labute approximate surface area is 168 Å². The number of fused-ring (bicyclic) bond motifs is 2. The van der Waals surface area contributed by atoms with Crippen LogP contribution in [-0.4, -0.2) is 20.3 Å². The van der Waals surface area contributed by atoms with Crippen molar-refractivity contribution < 1.29 is 9.72 Å². The van der Waals surface area contributed by atoms with Gasteiger partial charge in [-0.2, -0.15) is 0 Å². The molecule has 2 heterocycles. The van der Waals surface area contributed by atoms with E-state index in [4.69, 9.17) is 12.2 Å². The van der Waals surface area contributed by atoms with E-state index < -0.39 is 4.92 Å². The summed E-state index contributed by atoms with van der Waals surface area (Å²) in [5.41, 5.74) is 2.89. The molecule has 0 amide bonds. The third-order valence-corrected chi connectivity index (χ3v) is 5.86. The Morgan fingerprint density at radius 3 is 2.86 bits per heavy atom. The first-order valence-electron chi connectivity index (χ1n) is 8.30. The van der Waals surface area contributed by atoms with Gasteiger partial charge in [0, 0.05) is 35.0 Å². The Balaban J connectivity index is 1.67. The maximum absolute atomic E-state index is 12.8. The van der Waals surface area contributed by atoms with Gasteiger partial charge in [0.1, 0.15) is 0 Å². The van der Waals surface area contributed by atoms with Gasteiger partial charge in [0.05, 0.1) is 26.5 Å². The van der Waals surface area contributed by atoms with Crippen molar-refractivity contribution in [3.8, 4) is 0 Å². The van der Waals surface area contributed by atoms with Crippen LogP contribution in [0.2, 0.25) is 0 Å². The molecule has 0 bridgehead atoms. The number of nitrogens with zero attached hydrogens (tertiary/aromatic N) is 2. The third kappa shape index (κ3) is 3.25. The number of aromatic amines is 1. The van der Waals surface area contributed by atoms with E-state index in [1.165, 1.54) is 36.2 Å². The third-order valence-electron chi connectivity index (χ3n) is 4.27. The molecular weight excluding hydrogens is 396 g/mol. The monoisotopic (exact) mass is 410 g/mol. The fourth-order valence-electron chi connectivity index (χ4n) is 2.93. The Hall–Kier alpha value is -3.17. The van der Waals surface area contributed by atoms with Crippen molar-refractivity contribution in [1.82, 2.24) is 9.55 Å². The van der Waals surface area contributed by atoms with E-state index in [0.717, 1.165) is 16.3 Å². The molecule has 1 aliphatic heterocycles. The minimum absolute atomic E-state index is 0.0443. The number of ketones is 1. The normalized spacial score (nSPS) is 13.6. The lowest BCUT2D eigenvalue weighted by molar-refractivity contribution is -0.384. The smallest absolute Gasteiger partial charge is 0.271 e. The van der Waals surface area contributed by atoms with Gasteiger partial charge in [-0.25, -0.2) is 0 Å². The lowest BCUT2D eigenvalue weighted by Gasteiger charge is -2.20. The molecule has 1 aromatic heterocycles. The molecule has 0 saturated carbocycles. The number of nitrogens with one attached hydrogen (secondary N) is 2. The number of anilines is 1. The summed E-state index contributed by atoms with van der Waals surface area (Å²) in [6.07, 6.45) is 2.96. The van der Waals surface area contributed by atoms with E-state index in [2.05, 4.69) is 10.3 Å². The molecule has 0 spiro atoms. The van der Waals surface area contributed by atoms with Crippen LogP contribution in [0.25, 0.3) is 17.2 Å². The standard InChI is InChI=1S/C19H14N4O3S2/c1-11-18(28-17-5-3-2-4-14(17)20-11)16(24)8-9-22-15-10-12(23(25)26)6-7-13(15)21-19(22)27/h2-10,20H,1H3,(H,21,27)/b9-8+. The fraction of sp³-hybridized carbons (Fsp3) is 0.0526. The number of H-pyrrole nitrogens is 1. The number of para-hydroxylation sites is 1. The number of hydrogen-bond donors (Lipinski definition) is 2. The SMILES string of the molecule is CC1=C(C(=O)/C=C/n2c(=S)[nH]c3ccc([N+](=O)[O-])cc32)Sc2ccccc2N1. The predicted molar refractivity (Wildman–Crippen MR) is 113 cm³/mol. The fourth-order valence-corrected chi connectivity index (χ4v) is 4.17. The van der Waals surface area contributed by atoms with E-state index in [1.807, 2.05) is 31.2 Å². The van der Waals surface area contributed by atoms with Crippen molar-refractivity contribution in [3.05, 3.63) is 74.0 Å². The van der Waals surface area contributed by atoms with Crippen LogP contribution in [0.15, 0.2) is 64.0 Å². The number of carbonyl (C=O) groups excluding carboxylic acids is 1. The van der Waals surface area contributed by atoms with Crippen LogP contribution in [-0.2, 0) is 4.79 Å². The molecule has 9 heteroatoms. The first kappa shape index (κ1) is 18.2. The van der Waals surface area contributed by atoms with Gasteiger partial charge in [-0.1, -0.05) is 23.9 Å². The Morgan fingerprint density at radius 1 is 1.29 bits per heavy atom. The zero-order valence-corrected chi connectivity index (χ0v) is 16.3. The molecule has 1 aliphatic rings. The highest BCUT2D eigenvalue weighted by Crippen LogP contribution is 2.39. The van der Waals surface area contributed by atoms with Crippen molar-refractivity contribution in [2.75, 3.05) is 5.32 Å². The zero-order valence-electron chi connectivity index (χ0n) is 14.6. The van der Waals surface area contributed by atoms with Crippen LogP contribution in [0.5, 0.6) is 0 Å². The van der Waals surface area contributed by atoms with Crippen molar-refractivity contribution in [3.63, 3.8) is 0 Å². The van der Waals surface area contributed by atoms with Crippen molar-refractivity contribution in [2.24, 2.45) is 0 Å². The van der Waals surface area contributed by atoms with Crippen molar-refractivity contribution in [2.45, 2.75) is 11.8 Å². The average molecular weight is 410 g/mol. The number of carbonyl (C=O) groups is 1. The summed E-state index contributed by atoms with van der Waals surface area (Å²) in [6, 6.07) is 12.2. The second-order valence-corrected chi connectivity index (χ2v) is 7.55. The molecule has 2 aromatic carbocycles. The summed E-state index contributed by atoms with van der Waals surface area (Å²) in [5.74, 6) is -0.175. The van der Waals surface area contributed by atoms with Gasteiger partial charge < -0.3 is 10.3 Å². The lowest BCUT2D eigenvalue weighted by Crippen LogP contribution is -2.10. The van der Waals surface area contributed by atoms with Crippen LogP contribution in [0.3, 0.4) is 0 Å². The molecule has 0 unspecified atom stereocenters. The molecule has 7 nitrogen and oxygen atoms in total. The number of aromatic nitrogens is 2. The maximum Gasteiger partial charge on any atom is 0.271 e. The van der Waals surface area contributed by atoms with Gasteiger partial charge >= 0.3 is 0 Å². The minimum Gasteiger partial charge on any atom is -0.357 e. The molecular formula is C19H14N4O3S2. The van der Waals surface area contributed by atoms with E-state index in [0.29, 0.717) is 20.7 Å². The maximum atomic E-state index is 12.8. The molecule has 0 atom stereocenters. The first-order chi connectivity index (χ1) is 13.4. The van der Waals surface area contributed by atoms with E-state index >= 15 is 0 Å². The molecule has 2 N–H and O–H groups in total. The summed E-state index contributed by atoms with van der Waals surface area (Å²) in [5, 5.41) is 14.3. The number of hydrogen-bond acceptors (Lipinski definition) is 6. The Kier molecular flexibility index (Phi) is 4.62. The van der Waals surface area contributed by atoms with Crippen LogP contribution < -0.4 is 5.32 Å². The molecule has 0 saturated heterocycles. The highest BCUT2D eigenvalue weighted by Gasteiger charge is 2.20. The molecule has 0 radical (unpaired) electrons. The molecule has 4 rings (SSSR count). The highest BCUT2D eigenvalue weighted by atomic mass is 32.2. The second-order valence-electron chi connectivity index (χ2n) is 6.12. The zero-order chi connectivity index (χ0) is 19.8. The number of nitro groups is 1. The van der Waals surface area contributed by atoms with Gasteiger partial charge in [0.2, 0.25) is 0 Å². The number of non-ortho nitro benzene ring substituents is 1. The van der Waals surface area contributed by atoms with Gasteiger partial charge in [0.15, 0.2) is 10.6 Å². The van der Waals surface area contributed by atoms with Crippen LogP contribution >= 0.6 is 24.0 Å². The van der Waals surface area contributed by atoms with E-state index in [9.17, 15) is 14.9 Å². The van der Waals surface area contributed by atoms with Crippen molar-refractivity contribution in [1.29, 1.82) is 0 Å². The Morgan fingerprint density at radius 2 is 2.07 bits per heavy atom. The molecule has 3 aromatic rings. The summed E-state index contributed by atoms with van der Waals surface area (Å²) in [7, 11) is 0. The summed E-state index contributed by atoms with van der Waals surface area (Å²) >= 11 is 6.70. The van der Waals surface area contributed by atoms with Crippen molar-refractivity contribution >= 4 is 58.4 Å². The van der Waals surface area contributed by atoms with E-state index in [-0.39, 0.29) is 11.5 Å². The van der Waals surface area contributed by atoms with E-state index in [1.54, 1.807) is 10.6 Å². The van der Waals surface area contributed by atoms with Crippen LogP contribution in [0.1, 0.15) is 6.92 Å². The highest BCUT2D eigenvalue weighted by molar-refractivity contribution is 8.04. The van der Waals surface area contributed by atoms with Crippen LogP contribution in [0.4, 0.5) is 11.4 Å². The van der Waals surface area contributed by atoms with Crippen LogP contribution in [0, 0.1) is 14.9 Å². The second kappa shape index (κ2) is 7.10. The molecule has 28 heavy (non-hydrogen) atoms. The summed E-state index contributed by atoms with van der Waals surface area (Å²) < 4.78 is 1.91. The van der Waals surface area contributed by atoms with Gasteiger partial charge in [0.25, 0.3) is 5.69 Å². The number of imidazole rings is 1. The Bertz CT molecular complexity index is 1250. The topological polar surface area (TPSA) is 93.0 Å². The largest absolute Gasteiger partial charge is 0.357 e. The predicted octanol–water partition coefficient (Wildman–Crippen LogP) is 5.10. The van der Waals surface area contributed by atoms with Gasteiger partial charge in [-0.15, -0.1) is 0 Å². The summed E-state index contributed by atoms with van der Waals surface area (Å²) in [6.45, 7) is 1.85. The lowest BCUT2D eigenvalue weighted by atomic mass is 10.2.